The molecule has 1 fully saturated rings. The first-order chi connectivity index (χ1) is 9.25. The first-order valence-electron chi connectivity index (χ1n) is 6.33. The lowest BCUT2D eigenvalue weighted by atomic mass is 10.1. The van der Waals surface area contributed by atoms with Gasteiger partial charge in [0, 0.05) is 25.1 Å². The van der Waals surface area contributed by atoms with Crippen LogP contribution in [0.15, 0.2) is 36.8 Å². The van der Waals surface area contributed by atoms with Crippen LogP contribution in [0.4, 0.5) is 11.5 Å². The molecule has 1 atom stereocenters. The highest BCUT2D eigenvalue weighted by Crippen LogP contribution is 2.37. The van der Waals surface area contributed by atoms with Crippen LogP contribution in [0, 0.1) is 0 Å². The lowest BCUT2D eigenvalue weighted by Crippen LogP contribution is -2.24. The Bertz CT molecular complexity index is 573. The van der Waals surface area contributed by atoms with Gasteiger partial charge in [-0.1, -0.05) is 11.6 Å². The van der Waals surface area contributed by atoms with Crippen molar-refractivity contribution in [3.05, 3.63) is 47.4 Å². The van der Waals surface area contributed by atoms with Crippen LogP contribution in [0.1, 0.15) is 24.4 Å². The average Bonchev–Trinajstić information content (AvgIpc) is 2.89. The summed E-state index contributed by atoms with van der Waals surface area (Å²) >= 11 is 5.91. The summed E-state index contributed by atoms with van der Waals surface area (Å²) < 4.78 is 0. The molecular formula is C14H15ClN4. The van der Waals surface area contributed by atoms with Crippen molar-refractivity contribution in [2.45, 2.75) is 18.9 Å². The molecule has 0 bridgehead atoms. The van der Waals surface area contributed by atoms with E-state index in [1.54, 1.807) is 12.3 Å². The van der Waals surface area contributed by atoms with Crippen LogP contribution in [-0.2, 0) is 0 Å². The molecule has 1 saturated heterocycles. The Kier molecular flexibility index (Phi) is 3.25. The molecule has 3 heterocycles. The van der Waals surface area contributed by atoms with Gasteiger partial charge in [-0.3, -0.25) is 4.98 Å². The third-order valence-corrected chi connectivity index (χ3v) is 3.68. The van der Waals surface area contributed by atoms with E-state index in [0.717, 1.165) is 25.2 Å². The normalized spacial score (nSPS) is 18.8. The van der Waals surface area contributed by atoms with E-state index in [-0.39, 0.29) is 0 Å². The van der Waals surface area contributed by atoms with Crippen molar-refractivity contribution < 1.29 is 0 Å². The average molecular weight is 275 g/mol. The molecule has 5 heteroatoms. The van der Waals surface area contributed by atoms with Gasteiger partial charge in [-0.05, 0) is 36.6 Å². The number of pyridine rings is 2. The molecule has 19 heavy (non-hydrogen) atoms. The van der Waals surface area contributed by atoms with E-state index in [4.69, 9.17) is 17.3 Å². The predicted molar refractivity (Wildman–Crippen MR) is 77.2 cm³/mol. The number of aromatic nitrogens is 2. The van der Waals surface area contributed by atoms with E-state index in [1.165, 1.54) is 5.56 Å². The fraction of sp³-hybridized carbons (Fsp3) is 0.286. The summed E-state index contributed by atoms with van der Waals surface area (Å²) in [7, 11) is 0. The predicted octanol–water partition coefficient (Wildman–Crippen LogP) is 3.05. The minimum Gasteiger partial charge on any atom is -0.396 e. The first-order valence-corrected chi connectivity index (χ1v) is 6.71. The number of nitrogen functional groups attached to an aromatic ring is 1. The molecule has 3 rings (SSSR count). The van der Waals surface area contributed by atoms with E-state index in [0.29, 0.717) is 16.8 Å². The quantitative estimate of drug-likeness (QED) is 0.914. The summed E-state index contributed by atoms with van der Waals surface area (Å²) in [5.74, 6) is 0.823. The molecule has 1 aliphatic heterocycles. The smallest absolute Gasteiger partial charge is 0.152 e. The fourth-order valence-electron chi connectivity index (χ4n) is 2.64. The number of nitrogens with zero attached hydrogens (tertiary/aromatic N) is 3. The molecule has 0 amide bonds. The molecule has 1 aliphatic rings. The van der Waals surface area contributed by atoms with Crippen molar-refractivity contribution in [2.75, 3.05) is 17.2 Å². The minimum atomic E-state index is 0.318. The second-order valence-corrected chi connectivity index (χ2v) is 5.13. The minimum absolute atomic E-state index is 0.318. The zero-order valence-corrected chi connectivity index (χ0v) is 11.2. The van der Waals surface area contributed by atoms with Crippen LogP contribution < -0.4 is 10.6 Å². The molecule has 0 saturated carbocycles. The van der Waals surface area contributed by atoms with Gasteiger partial charge < -0.3 is 10.6 Å². The van der Waals surface area contributed by atoms with Gasteiger partial charge >= 0.3 is 0 Å². The maximum absolute atomic E-state index is 6.04. The lowest BCUT2D eigenvalue weighted by Gasteiger charge is -2.27. The van der Waals surface area contributed by atoms with E-state index >= 15 is 0 Å². The second-order valence-electron chi connectivity index (χ2n) is 4.70. The first kappa shape index (κ1) is 12.2. The Balaban J connectivity index is 1.95. The second kappa shape index (κ2) is 5.05. The zero-order valence-electron chi connectivity index (χ0n) is 10.5. The molecule has 98 valence electrons. The Morgan fingerprint density at radius 2 is 2.11 bits per heavy atom. The molecule has 4 nitrogen and oxygen atoms in total. The van der Waals surface area contributed by atoms with Crippen molar-refractivity contribution in [1.82, 2.24) is 9.97 Å². The number of nitrogens with two attached hydrogens (primary N) is 1. The van der Waals surface area contributed by atoms with Crippen molar-refractivity contribution in [1.29, 1.82) is 0 Å². The number of anilines is 2. The number of hydrogen-bond donors (Lipinski definition) is 1. The monoisotopic (exact) mass is 274 g/mol. The van der Waals surface area contributed by atoms with Crippen molar-refractivity contribution >= 4 is 23.1 Å². The van der Waals surface area contributed by atoms with Crippen LogP contribution in [0.3, 0.4) is 0 Å². The Morgan fingerprint density at radius 3 is 2.84 bits per heavy atom. The summed E-state index contributed by atoms with van der Waals surface area (Å²) in [4.78, 5) is 10.7. The third-order valence-electron chi connectivity index (χ3n) is 3.48. The van der Waals surface area contributed by atoms with Crippen molar-refractivity contribution in [3.63, 3.8) is 0 Å². The van der Waals surface area contributed by atoms with Gasteiger partial charge in [0.15, 0.2) is 5.82 Å². The van der Waals surface area contributed by atoms with Crippen LogP contribution >= 0.6 is 11.6 Å². The largest absolute Gasteiger partial charge is 0.396 e. The standard InChI is InChI=1S/C14H15ClN4/c15-11-8-12(16)14(18-9-11)19-7-1-2-13(19)10-3-5-17-6-4-10/h3-6,8-9,13H,1-2,7,16H2. The molecule has 0 aromatic carbocycles. The van der Waals surface area contributed by atoms with Gasteiger partial charge in [0.05, 0.1) is 16.8 Å². The zero-order chi connectivity index (χ0) is 13.2. The molecule has 2 N–H and O–H groups in total. The SMILES string of the molecule is Nc1cc(Cl)cnc1N1CCCC1c1ccncc1. The maximum atomic E-state index is 6.04. The fourth-order valence-corrected chi connectivity index (χ4v) is 2.81. The molecule has 2 aromatic heterocycles. The summed E-state index contributed by atoms with van der Waals surface area (Å²) in [5.41, 5.74) is 7.93. The van der Waals surface area contributed by atoms with Crippen LogP contribution in [0.25, 0.3) is 0 Å². The number of halogens is 1. The molecule has 0 radical (unpaired) electrons. The Morgan fingerprint density at radius 1 is 1.32 bits per heavy atom. The molecular weight excluding hydrogens is 260 g/mol. The van der Waals surface area contributed by atoms with Gasteiger partial charge in [0.25, 0.3) is 0 Å². The van der Waals surface area contributed by atoms with Crippen molar-refractivity contribution in [2.24, 2.45) is 0 Å². The highest BCUT2D eigenvalue weighted by molar-refractivity contribution is 6.30. The summed E-state index contributed by atoms with van der Waals surface area (Å²) in [6, 6.07) is 6.18. The molecule has 0 spiro atoms. The van der Waals surface area contributed by atoms with Crippen LogP contribution in [0.5, 0.6) is 0 Å². The van der Waals surface area contributed by atoms with Gasteiger partial charge in [0.1, 0.15) is 0 Å². The highest BCUT2D eigenvalue weighted by Gasteiger charge is 2.28. The third kappa shape index (κ3) is 2.36. The van der Waals surface area contributed by atoms with E-state index in [1.807, 2.05) is 12.4 Å². The van der Waals surface area contributed by atoms with Crippen LogP contribution in [0.2, 0.25) is 5.02 Å². The van der Waals surface area contributed by atoms with Crippen molar-refractivity contribution in [3.8, 4) is 0 Å². The van der Waals surface area contributed by atoms with Gasteiger partial charge in [-0.25, -0.2) is 4.98 Å². The molecule has 1 unspecified atom stereocenters. The van der Waals surface area contributed by atoms with E-state index < -0.39 is 0 Å². The Labute approximate surface area is 117 Å². The molecule has 0 aliphatic carbocycles. The molecule has 2 aromatic rings. The van der Waals surface area contributed by atoms with Gasteiger partial charge in [0.2, 0.25) is 0 Å². The summed E-state index contributed by atoms with van der Waals surface area (Å²) in [5, 5.41) is 0.570. The summed E-state index contributed by atoms with van der Waals surface area (Å²) in [6.07, 6.45) is 7.54. The highest BCUT2D eigenvalue weighted by atomic mass is 35.5. The number of rotatable bonds is 2. The number of hydrogen-bond acceptors (Lipinski definition) is 4. The topological polar surface area (TPSA) is 55.0 Å². The van der Waals surface area contributed by atoms with Gasteiger partial charge in [-0.15, -0.1) is 0 Å². The Hall–Kier alpha value is -1.81. The van der Waals surface area contributed by atoms with E-state index in [9.17, 15) is 0 Å². The van der Waals surface area contributed by atoms with Gasteiger partial charge in [-0.2, -0.15) is 0 Å². The van der Waals surface area contributed by atoms with E-state index in [2.05, 4.69) is 27.0 Å². The maximum Gasteiger partial charge on any atom is 0.152 e. The van der Waals surface area contributed by atoms with Crippen LogP contribution in [-0.4, -0.2) is 16.5 Å². The summed E-state index contributed by atoms with van der Waals surface area (Å²) in [6.45, 7) is 0.964. The lowest BCUT2D eigenvalue weighted by molar-refractivity contribution is 0.711.